The van der Waals surface area contributed by atoms with E-state index in [1.807, 2.05) is 30.3 Å². The largest absolute Gasteiger partial charge is 0.338 e. The van der Waals surface area contributed by atoms with Crippen molar-refractivity contribution in [3.63, 3.8) is 0 Å². The molecule has 130 valence electrons. The van der Waals surface area contributed by atoms with Crippen LogP contribution in [0.5, 0.6) is 0 Å². The standard InChI is InChI=1S/C19H17N5O2/c25-18(17-12-21-15-7-1-2-8-16(15)23-17)22-13-5-3-6-14(11-13)24-10-4-9-20-19(24)26/h1-3,5-8,11-12H,4,9-10H2,(H,20,26)(H,22,25). The molecule has 1 aliphatic heterocycles. The monoisotopic (exact) mass is 347 g/mol. The van der Waals surface area contributed by atoms with Gasteiger partial charge in [0.1, 0.15) is 5.69 Å². The summed E-state index contributed by atoms with van der Waals surface area (Å²) in [4.78, 5) is 34.8. The number of nitrogens with one attached hydrogen (secondary N) is 2. The summed E-state index contributed by atoms with van der Waals surface area (Å²) < 4.78 is 0. The third kappa shape index (κ3) is 3.19. The molecule has 1 fully saturated rings. The number of carbonyl (C=O) groups excluding carboxylic acids is 2. The molecule has 2 heterocycles. The molecular formula is C19H17N5O2. The second-order valence-corrected chi connectivity index (χ2v) is 5.99. The highest BCUT2D eigenvalue weighted by Crippen LogP contribution is 2.21. The Kier molecular flexibility index (Phi) is 4.18. The van der Waals surface area contributed by atoms with E-state index >= 15 is 0 Å². The fourth-order valence-corrected chi connectivity index (χ4v) is 2.89. The molecule has 3 amide bonds. The Labute approximate surface area is 150 Å². The Morgan fingerprint density at radius 1 is 1.12 bits per heavy atom. The van der Waals surface area contributed by atoms with Crippen LogP contribution in [-0.2, 0) is 0 Å². The molecule has 2 aromatic carbocycles. The van der Waals surface area contributed by atoms with Crippen LogP contribution >= 0.6 is 0 Å². The second kappa shape index (κ2) is 6.79. The summed E-state index contributed by atoms with van der Waals surface area (Å²) in [5, 5.41) is 5.63. The lowest BCUT2D eigenvalue weighted by atomic mass is 10.2. The molecule has 0 bridgehead atoms. The zero-order chi connectivity index (χ0) is 17.9. The number of rotatable bonds is 3. The molecule has 0 aliphatic carbocycles. The first-order chi connectivity index (χ1) is 12.7. The van der Waals surface area contributed by atoms with Gasteiger partial charge in [0.05, 0.1) is 17.2 Å². The van der Waals surface area contributed by atoms with E-state index in [0.717, 1.165) is 17.6 Å². The van der Waals surface area contributed by atoms with E-state index in [9.17, 15) is 9.59 Å². The van der Waals surface area contributed by atoms with Crippen molar-refractivity contribution >= 4 is 34.3 Å². The predicted molar refractivity (Wildman–Crippen MR) is 99.3 cm³/mol. The zero-order valence-electron chi connectivity index (χ0n) is 14.0. The Hall–Kier alpha value is -3.48. The number of aromatic nitrogens is 2. The summed E-state index contributed by atoms with van der Waals surface area (Å²) in [7, 11) is 0. The van der Waals surface area contributed by atoms with E-state index in [-0.39, 0.29) is 17.6 Å². The lowest BCUT2D eigenvalue weighted by Gasteiger charge is -2.27. The number of amides is 3. The van der Waals surface area contributed by atoms with Crippen LogP contribution in [0.4, 0.5) is 16.2 Å². The third-order valence-corrected chi connectivity index (χ3v) is 4.18. The van der Waals surface area contributed by atoms with Crippen LogP contribution in [-0.4, -0.2) is 35.0 Å². The molecule has 26 heavy (non-hydrogen) atoms. The lowest BCUT2D eigenvalue weighted by molar-refractivity contribution is 0.102. The van der Waals surface area contributed by atoms with Gasteiger partial charge in [-0.2, -0.15) is 0 Å². The van der Waals surface area contributed by atoms with Gasteiger partial charge in [-0.25, -0.2) is 9.78 Å². The fourth-order valence-electron chi connectivity index (χ4n) is 2.89. The number of hydrogen-bond donors (Lipinski definition) is 2. The maximum Gasteiger partial charge on any atom is 0.321 e. The number of nitrogens with zero attached hydrogens (tertiary/aromatic N) is 3. The minimum Gasteiger partial charge on any atom is -0.338 e. The molecule has 0 saturated carbocycles. The first kappa shape index (κ1) is 16.0. The van der Waals surface area contributed by atoms with E-state index in [0.29, 0.717) is 24.3 Å². The van der Waals surface area contributed by atoms with E-state index in [1.165, 1.54) is 6.20 Å². The molecular weight excluding hydrogens is 330 g/mol. The van der Waals surface area contributed by atoms with Gasteiger partial charge in [0, 0.05) is 24.5 Å². The summed E-state index contributed by atoms with van der Waals surface area (Å²) in [5.74, 6) is -0.344. The molecule has 0 radical (unpaired) electrons. The van der Waals surface area contributed by atoms with E-state index < -0.39 is 0 Å². The van der Waals surface area contributed by atoms with Crippen LogP contribution < -0.4 is 15.5 Å². The van der Waals surface area contributed by atoms with Crippen LogP contribution in [0.2, 0.25) is 0 Å². The number of urea groups is 1. The van der Waals surface area contributed by atoms with Crippen molar-refractivity contribution < 1.29 is 9.59 Å². The maximum absolute atomic E-state index is 12.5. The first-order valence-electron chi connectivity index (χ1n) is 8.39. The molecule has 0 atom stereocenters. The van der Waals surface area contributed by atoms with Crippen molar-refractivity contribution in [2.45, 2.75) is 6.42 Å². The Morgan fingerprint density at radius 3 is 2.81 bits per heavy atom. The summed E-state index contributed by atoms with van der Waals surface area (Å²) in [6.45, 7) is 1.34. The number of hydrogen-bond acceptors (Lipinski definition) is 4. The SMILES string of the molecule is O=C(Nc1cccc(N2CCCNC2=O)c1)c1cnc2ccccc2n1. The van der Waals surface area contributed by atoms with Gasteiger partial charge in [0.15, 0.2) is 0 Å². The Balaban J connectivity index is 1.55. The molecule has 0 unspecified atom stereocenters. The zero-order valence-corrected chi connectivity index (χ0v) is 14.0. The molecule has 7 heteroatoms. The molecule has 1 aliphatic rings. The van der Waals surface area contributed by atoms with Crippen molar-refractivity contribution in [3.8, 4) is 0 Å². The number of fused-ring (bicyclic) bond motifs is 1. The summed E-state index contributed by atoms with van der Waals surface area (Å²) in [5.41, 5.74) is 2.98. The van der Waals surface area contributed by atoms with Gasteiger partial charge in [-0.1, -0.05) is 18.2 Å². The topological polar surface area (TPSA) is 87.2 Å². The summed E-state index contributed by atoms with van der Waals surface area (Å²) in [6.07, 6.45) is 2.34. The average molecular weight is 347 g/mol. The van der Waals surface area contributed by atoms with Gasteiger partial charge < -0.3 is 10.6 Å². The van der Waals surface area contributed by atoms with Crippen molar-refractivity contribution in [1.29, 1.82) is 0 Å². The number of anilines is 2. The molecule has 1 aromatic heterocycles. The van der Waals surface area contributed by atoms with Crippen LogP contribution in [0.1, 0.15) is 16.9 Å². The van der Waals surface area contributed by atoms with Gasteiger partial charge in [0.25, 0.3) is 5.91 Å². The minimum atomic E-state index is -0.344. The van der Waals surface area contributed by atoms with Crippen molar-refractivity contribution in [3.05, 3.63) is 60.4 Å². The van der Waals surface area contributed by atoms with Crippen molar-refractivity contribution in [2.75, 3.05) is 23.3 Å². The molecule has 1 saturated heterocycles. The number of para-hydroxylation sites is 2. The highest BCUT2D eigenvalue weighted by atomic mass is 16.2. The third-order valence-electron chi connectivity index (χ3n) is 4.18. The van der Waals surface area contributed by atoms with Gasteiger partial charge in [0.2, 0.25) is 0 Å². The van der Waals surface area contributed by atoms with Crippen LogP contribution in [0, 0.1) is 0 Å². The second-order valence-electron chi connectivity index (χ2n) is 5.99. The first-order valence-corrected chi connectivity index (χ1v) is 8.39. The van der Waals surface area contributed by atoms with Gasteiger partial charge in [-0.3, -0.25) is 14.7 Å². The summed E-state index contributed by atoms with van der Waals surface area (Å²) in [6, 6.07) is 14.5. The van der Waals surface area contributed by atoms with Crippen LogP contribution in [0.15, 0.2) is 54.7 Å². The van der Waals surface area contributed by atoms with Crippen LogP contribution in [0.3, 0.4) is 0 Å². The smallest absolute Gasteiger partial charge is 0.321 e. The Morgan fingerprint density at radius 2 is 1.96 bits per heavy atom. The normalized spacial score (nSPS) is 14.2. The molecule has 3 aromatic rings. The van der Waals surface area contributed by atoms with Gasteiger partial charge >= 0.3 is 6.03 Å². The average Bonchev–Trinajstić information content (AvgIpc) is 2.68. The quantitative estimate of drug-likeness (QED) is 0.763. The van der Waals surface area contributed by atoms with E-state index in [2.05, 4.69) is 20.6 Å². The number of carbonyl (C=O) groups is 2. The minimum absolute atomic E-state index is 0.125. The number of benzene rings is 2. The van der Waals surface area contributed by atoms with Crippen molar-refractivity contribution in [1.82, 2.24) is 15.3 Å². The predicted octanol–water partition coefficient (Wildman–Crippen LogP) is 2.80. The molecule has 4 rings (SSSR count). The van der Waals surface area contributed by atoms with Crippen molar-refractivity contribution in [2.24, 2.45) is 0 Å². The summed E-state index contributed by atoms with van der Waals surface area (Å²) >= 11 is 0. The molecule has 7 nitrogen and oxygen atoms in total. The fraction of sp³-hybridized carbons (Fsp3) is 0.158. The van der Waals surface area contributed by atoms with Gasteiger partial charge in [-0.15, -0.1) is 0 Å². The van der Waals surface area contributed by atoms with E-state index in [4.69, 9.17) is 0 Å². The highest BCUT2D eigenvalue weighted by Gasteiger charge is 2.19. The highest BCUT2D eigenvalue weighted by molar-refractivity contribution is 6.04. The van der Waals surface area contributed by atoms with E-state index in [1.54, 1.807) is 23.1 Å². The lowest BCUT2D eigenvalue weighted by Crippen LogP contribution is -2.46. The Bertz CT molecular complexity index is 988. The molecule has 0 spiro atoms. The molecule has 2 N–H and O–H groups in total. The maximum atomic E-state index is 12.5. The van der Waals surface area contributed by atoms with Gasteiger partial charge in [-0.05, 0) is 36.8 Å². The van der Waals surface area contributed by atoms with Crippen LogP contribution in [0.25, 0.3) is 11.0 Å².